The molecule has 2 N–H and O–H groups in total. The number of halogens is 1. The van der Waals surface area contributed by atoms with E-state index < -0.39 is 12.0 Å². The molecular weight excluding hydrogens is 250 g/mol. The Hall–Kier alpha value is -1.84. The van der Waals surface area contributed by atoms with E-state index in [4.69, 9.17) is 11.6 Å². The number of nitrogens with one attached hydrogen (secondary N) is 1. The smallest absolute Gasteiger partial charge is 0.257 e. The standard InChI is InChI=1S/C14H12ClNO2/c15-12-9-5-4-8-11(12)13(17)14(18)16-10-6-2-1-3-7-10/h1-9,13,17H,(H,16,18). The normalized spacial score (nSPS) is 11.9. The van der Waals surface area contributed by atoms with Crippen LogP contribution in [-0.2, 0) is 4.79 Å². The summed E-state index contributed by atoms with van der Waals surface area (Å²) in [4.78, 5) is 11.8. The number of aliphatic hydroxyl groups is 1. The number of hydrogen-bond donors (Lipinski definition) is 2. The van der Waals surface area contributed by atoms with Crippen molar-refractivity contribution >= 4 is 23.2 Å². The molecule has 0 aliphatic carbocycles. The highest BCUT2D eigenvalue weighted by Crippen LogP contribution is 2.23. The maximum atomic E-state index is 11.8. The Kier molecular flexibility index (Phi) is 3.97. The van der Waals surface area contributed by atoms with Gasteiger partial charge in [-0.25, -0.2) is 0 Å². The molecule has 0 saturated carbocycles. The summed E-state index contributed by atoms with van der Waals surface area (Å²) in [5.74, 6) is -0.505. The number of benzene rings is 2. The van der Waals surface area contributed by atoms with E-state index in [1.165, 1.54) is 0 Å². The molecule has 2 aromatic rings. The van der Waals surface area contributed by atoms with Gasteiger partial charge < -0.3 is 10.4 Å². The first-order valence-corrected chi connectivity index (χ1v) is 5.84. The summed E-state index contributed by atoms with van der Waals surface area (Å²) in [5, 5.41) is 12.9. The fourth-order valence-electron chi connectivity index (χ4n) is 1.57. The number of hydrogen-bond acceptors (Lipinski definition) is 2. The molecule has 0 heterocycles. The van der Waals surface area contributed by atoms with Crippen LogP contribution >= 0.6 is 11.6 Å². The van der Waals surface area contributed by atoms with Crippen molar-refractivity contribution < 1.29 is 9.90 Å². The van der Waals surface area contributed by atoms with Crippen molar-refractivity contribution in [3.63, 3.8) is 0 Å². The van der Waals surface area contributed by atoms with Gasteiger partial charge in [0.2, 0.25) is 0 Å². The van der Waals surface area contributed by atoms with Gasteiger partial charge >= 0.3 is 0 Å². The molecule has 0 saturated heterocycles. The van der Waals surface area contributed by atoms with Crippen molar-refractivity contribution in [2.45, 2.75) is 6.10 Å². The fraction of sp³-hybridized carbons (Fsp3) is 0.0714. The van der Waals surface area contributed by atoms with Crippen molar-refractivity contribution in [2.75, 3.05) is 5.32 Å². The molecule has 0 aromatic heterocycles. The summed E-state index contributed by atoms with van der Waals surface area (Å²) >= 11 is 5.93. The van der Waals surface area contributed by atoms with Gasteiger partial charge in [-0.2, -0.15) is 0 Å². The summed E-state index contributed by atoms with van der Waals surface area (Å²) in [6.07, 6.45) is -1.28. The Morgan fingerprint density at radius 1 is 1.06 bits per heavy atom. The molecule has 2 rings (SSSR count). The van der Waals surface area contributed by atoms with Crippen molar-refractivity contribution in [3.8, 4) is 0 Å². The van der Waals surface area contributed by atoms with Crippen LogP contribution in [0.5, 0.6) is 0 Å². The minimum Gasteiger partial charge on any atom is -0.378 e. The molecule has 2 aromatic carbocycles. The van der Waals surface area contributed by atoms with Crippen LogP contribution in [0.2, 0.25) is 5.02 Å². The molecule has 0 aliphatic rings. The molecule has 1 amide bonds. The minimum absolute atomic E-state index is 0.369. The predicted octanol–water partition coefficient (Wildman–Crippen LogP) is 3.01. The molecule has 0 bridgehead atoms. The number of amides is 1. The molecule has 0 aliphatic heterocycles. The molecule has 0 spiro atoms. The van der Waals surface area contributed by atoms with Crippen LogP contribution in [0.4, 0.5) is 5.69 Å². The number of rotatable bonds is 3. The van der Waals surface area contributed by atoms with Gasteiger partial charge in [-0.1, -0.05) is 48.0 Å². The van der Waals surface area contributed by atoms with Crippen molar-refractivity contribution in [1.29, 1.82) is 0 Å². The van der Waals surface area contributed by atoms with E-state index in [0.717, 1.165) is 0 Å². The maximum Gasteiger partial charge on any atom is 0.257 e. The number of carbonyl (C=O) groups is 1. The summed E-state index contributed by atoms with van der Waals surface area (Å²) in [5.41, 5.74) is 1.03. The van der Waals surface area contributed by atoms with Crippen LogP contribution in [0, 0.1) is 0 Å². The lowest BCUT2D eigenvalue weighted by Crippen LogP contribution is -2.20. The summed E-state index contributed by atoms with van der Waals surface area (Å²) in [7, 11) is 0. The molecule has 4 heteroatoms. The molecular formula is C14H12ClNO2. The second-order valence-corrected chi connectivity index (χ2v) is 4.19. The second kappa shape index (κ2) is 5.67. The second-order valence-electron chi connectivity index (χ2n) is 3.78. The zero-order valence-electron chi connectivity index (χ0n) is 9.51. The largest absolute Gasteiger partial charge is 0.378 e. The predicted molar refractivity (Wildman–Crippen MR) is 71.5 cm³/mol. The Morgan fingerprint density at radius 3 is 2.33 bits per heavy atom. The lowest BCUT2D eigenvalue weighted by Gasteiger charge is -2.12. The van der Waals surface area contributed by atoms with Gasteiger partial charge in [0.05, 0.1) is 0 Å². The van der Waals surface area contributed by atoms with Crippen LogP contribution < -0.4 is 5.32 Å². The van der Waals surface area contributed by atoms with Gasteiger partial charge in [-0.05, 0) is 18.2 Å². The van der Waals surface area contributed by atoms with E-state index in [2.05, 4.69) is 5.32 Å². The summed E-state index contributed by atoms with van der Waals surface area (Å²) in [6.45, 7) is 0. The Morgan fingerprint density at radius 2 is 1.67 bits per heavy atom. The van der Waals surface area contributed by atoms with Crippen molar-refractivity contribution in [2.24, 2.45) is 0 Å². The highest BCUT2D eigenvalue weighted by atomic mass is 35.5. The van der Waals surface area contributed by atoms with Gasteiger partial charge in [-0.3, -0.25) is 4.79 Å². The molecule has 1 unspecified atom stereocenters. The van der Waals surface area contributed by atoms with E-state index in [9.17, 15) is 9.90 Å². The zero-order chi connectivity index (χ0) is 13.0. The highest BCUT2D eigenvalue weighted by Gasteiger charge is 2.19. The Labute approximate surface area is 110 Å². The van der Waals surface area contributed by atoms with Gasteiger partial charge in [-0.15, -0.1) is 0 Å². The Bertz CT molecular complexity index is 543. The third kappa shape index (κ3) is 2.88. The SMILES string of the molecule is O=C(Nc1ccccc1)C(O)c1ccccc1Cl. The average molecular weight is 262 g/mol. The lowest BCUT2D eigenvalue weighted by atomic mass is 10.1. The first-order valence-electron chi connectivity index (χ1n) is 5.47. The fourth-order valence-corrected chi connectivity index (χ4v) is 1.81. The van der Waals surface area contributed by atoms with Crippen molar-refractivity contribution in [3.05, 3.63) is 65.2 Å². The minimum atomic E-state index is -1.28. The van der Waals surface area contributed by atoms with E-state index in [1.54, 1.807) is 48.5 Å². The molecule has 18 heavy (non-hydrogen) atoms. The first-order chi connectivity index (χ1) is 8.68. The number of para-hydroxylation sites is 1. The first kappa shape index (κ1) is 12.6. The molecule has 3 nitrogen and oxygen atoms in total. The number of aliphatic hydroxyl groups excluding tert-OH is 1. The van der Waals surface area contributed by atoms with Crippen LogP contribution in [0.3, 0.4) is 0 Å². The third-order valence-corrected chi connectivity index (χ3v) is 2.83. The average Bonchev–Trinajstić information content (AvgIpc) is 2.39. The number of carbonyl (C=O) groups excluding carboxylic acids is 1. The van der Waals surface area contributed by atoms with Gasteiger partial charge in [0.25, 0.3) is 5.91 Å². The maximum absolute atomic E-state index is 11.8. The number of anilines is 1. The van der Waals surface area contributed by atoms with E-state index in [-0.39, 0.29) is 0 Å². The monoisotopic (exact) mass is 261 g/mol. The highest BCUT2D eigenvalue weighted by molar-refractivity contribution is 6.31. The lowest BCUT2D eigenvalue weighted by molar-refractivity contribution is -0.124. The molecule has 0 fully saturated rings. The Balaban J connectivity index is 2.13. The third-order valence-electron chi connectivity index (χ3n) is 2.49. The zero-order valence-corrected chi connectivity index (χ0v) is 10.3. The van der Waals surface area contributed by atoms with Crippen LogP contribution in [0.1, 0.15) is 11.7 Å². The topological polar surface area (TPSA) is 49.3 Å². The summed E-state index contributed by atoms with van der Waals surface area (Å²) < 4.78 is 0. The molecule has 1 atom stereocenters. The molecule has 0 radical (unpaired) electrons. The van der Waals surface area contributed by atoms with Gasteiger partial charge in [0, 0.05) is 16.3 Å². The van der Waals surface area contributed by atoms with Crippen LogP contribution in [-0.4, -0.2) is 11.0 Å². The summed E-state index contributed by atoms with van der Waals surface area (Å²) in [6, 6.07) is 15.7. The van der Waals surface area contributed by atoms with Crippen molar-refractivity contribution in [1.82, 2.24) is 0 Å². The quantitative estimate of drug-likeness (QED) is 0.892. The van der Waals surface area contributed by atoms with Crippen LogP contribution in [0.15, 0.2) is 54.6 Å². The van der Waals surface area contributed by atoms with E-state index in [1.807, 2.05) is 6.07 Å². The van der Waals surface area contributed by atoms with Gasteiger partial charge in [0.15, 0.2) is 6.10 Å². The van der Waals surface area contributed by atoms with E-state index in [0.29, 0.717) is 16.3 Å². The van der Waals surface area contributed by atoms with Crippen LogP contribution in [0.25, 0.3) is 0 Å². The van der Waals surface area contributed by atoms with E-state index >= 15 is 0 Å². The molecule has 92 valence electrons. The van der Waals surface area contributed by atoms with Gasteiger partial charge in [0.1, 0.15) is 0 Å².